The van der Waals surface area contributed by atoms with E-state index in [-0.39, 0.29) is 28.5 Å². The number of carbonyl (C=O) groups is 2. The predicted molar refractivity (Wildman–Crippen MR) is 115 cm³/mol. The summed E-state index contributed by atoms with van der Waals surface area (Å²) in [6.07, 6.45) is 2.41. The van der Waals surface area contributed by atoms with Gasteiger partial charge in [-0.25, -0.2) is 18.2 Å². The van der Waals surface area contributed by atoms with E-state index < -0.39 is 34.8 Å². The average Bonchev–Trinajstić information content (AvgIpc) is 3.24. The van der Waals surface area contributed by atoms with E-state index in [9.17, 15) is 18.4 Å². The molecule has 2 aromatic heterocycles. The second kappa shape index (κ2) is 8.83. The van der Waals surface area contributed by atoms with Crippen molar-refractivity contribution in [3.8, 4) is 11.1 Å². The fraction of sp³-hybridized carbons (Fsp3) is 0. The molecule has 0 spiro atoms. The van der Waals surface area contributed by atoms with Crippen LogP contribution >= 0.6 is 0 Å². The number of nitrogen functional groups attached to an aromatic ring is 1. The van der Waals surface area contributed by atoms with Gasteiger partial charge in [-0.05, 0) is 48.5 Å². The molecule has 0 saturated heterocycles. The van der Waals surface area contributed by atoms with Crippen molar-refractivity contribution < 1.29 is 22.8 Å². The largest absolute Gasteiger partial charge is 0.384 e. The van der Waals surface area contributed by atoms with Crippen molar-refractivity contribution in [2.45, 2.75) is 0 Å². The number of nitrogens with one attached hydrogen (secondary N) is 3. The number of aromatic nitrogens is 3. The molecule has 0 radical (unpaired) electrons. The summed E-state index contributed by atoms with van der Waals surface area (Å²) in [6, 6.07) is 10.0. The smallest absolute Gasteiger partial charge is 0.275 e. The van der Waals surface area contributed by atoms with Crippen molar-refractivity contribution in [3.63, 3.8) is 0 Å². The Morgan fingerprint density at radius 1 is 0.879 bits per heavy atom. The number of hydrogen-bond donors (Lipinski definition) is 4. The minimum absolute atomic E-state index is 0.0597. The lowest BCUT2D eigenvalue weighted by Gasteiger charge is -2.11. The molecule has 0 bridgehead atoms. The van der Waals surface area contributed by atoms with Gasteiger partial charge < -0.3 is 16.4 Å². The Morgan fingerprint density at radius 2 is 1.64 bits per heavy atom. The number of amides is 2. The first-order valence-electron chi connectivity index (χ1n) is 9.45. The number of aromatic amines is 1. The molecule has 2 heterocycles. The van der Waals surface area contributed by atoms with Crippen LogP contribution in [0.25, 0.3) is 11.1 Å². The fourth-order valence-corrected chi connectivity index (χ4v) is 3.01. The first-order chi connectivity index (χ1) is 15.8. The van der Waals surface area contributed by atoms with E-state index in [1.54, 1.807) is 0 Å². The van der Waals surface area contributed by atoms with Crippen molar-refractivity contribution in [2.24, 2.45) is 0 Å². The maximum Gasteiger partial charge on any atom is 0.275 e. The molecule has 8 nitrogen and oxygen atoms in total. The molecule has 166 valence electrons. The standard InChI is InChI=1S/C22H15F3N6O2/c23-12-2-4-13(5-3-12)29-22(33)20-16(10-28-31-20)30-21(32)18-15(24)7-6-14(19(18)25)11-1-8-17(26)27-9-11/h1-10H,(H2,26,27)(H,28,31)(H,29,33)(H,30,32). The first kappa shape index (κ1) is 21.6. The molecule has 0 aliphatic carbocycles. The normalized spacial score (nSPS) is 10.6. The number of rotatable bonds is 5. The Kier molecular flexibility index (Phi) is 5.77. The van der Waals surface area contributed by atoms with Crippen molar-refractivity contribution in [1.29, 1.82) is 0 Å². The van der Waals surface area contributed by atoms with Gasteiger partial charge in [-0.2, -0.15) is 5.10 Å². The Hall–Kier alpha value is -4.67. The molecule has 4 aromatic rings. The zero-order valence-corrected chi connectivity index (χ0v) is 16.7. The van der Waals surface area contributed by atoms with E-state index in [0.717, 1.165) is 24.4 Å². The number of pyridine rings is 1. The summed E-state index contributed by atoms with van der Waals surface area (Å²) >= 11 is 0. The first-order valence-corrected chi connectivity index (χ1v) is 9.45. The van der Waals surface area contributed by atoms with Crippen LogP contribution in [-0.2, 0) is 0 Å². The summed E-state index contributed by atoms with van der Waals surface area (Å²) in [5.74, 6) is -4.32. The van der Waals surface area contributed by atoms with Crippen LogP contribution in [0.2, 0.25) is 0 Å². The third-order valence-electron chi connectivity index (χ3n) is 4.63. The number of halogens is 3. The van der Waals surface area contributed by atoms with Crippen LogP contribution in [0.5, 0.6) is 0 Å². The molecule has 0 fully saturated rings. The summed E-state index contributed by atoms with van der Waals surface area (Å²) in [7, 11) is 0. The minimum atomic E-state index is -1.13. The van der Waals surface area contributed by atoms with Gasteiger partial charge in [0.15, 0.2) is 0 Å². The lowest BCUT2D eigenvalue weighted by Crippen LogP contribution is -2.20. The van der Waals surface area contributed by atoms with Crippen molar-refractivity contribution in [2.75, 3.05) is 16.4 Å². The predicted octanol–water partition coefficient (Wildman–Crippen LogP) is 3.98. The Balaban J connectivity index is 1.59. The van der Waals surface area contributed by atoms with Crippen LogP contribution in [0, 0.1) is 17.5 Å². The molecule has 11 heteroatoms. The Morgan fingerprint density at radius 3 is 2.33 bits per heavy atom. The van der Waals surface area contributed by atoms with Gasteiger partial charge in [-0.15, -0.1) is 0 Å². The van der Waals surface area contributed by atoms with Gasteiger partial charge in [0.2, 0.25) is 0 Å². The highest BCUT2D eigenvalue weighted by molar-refractivity contribution is 6.11. The van der Waals surface area contributed by atoms with Gasteiger partial charge in [0.1, 0.15) is 34.5 Å². The number of nitrogens with zero attached hydrogens (tertiary/aromatic N) is 2. The lowest BCUT2D eigenvalue weighted by atomic mass is 10.0. The fourth-order valence-electron chi connectivity index (χ4n) is 3.01. The summed E-state index contributed by atoms with van der Waals surface area (Å²) in [6.45, 7) is 0. The molecule has 0 unspecified atom stereocenters. The molecular formula is C22H15F3N6O2. The number of nitrogens with two attached hydrogens (primary N) is 1. The zero-order chi connectivity index (χ0) is 23.5. The Labute approximate surface area is 184 Å². The van der Waals surface area contributed by atoms with E-state index >= 15 is 4.39 Å². The number of hydrogen-bond acceptors (Lipinski definition) is 5. The summed E-state index contributed by atoms with van der Waals surface area (Å²) in [4.78, 5) is 29.1. The molecule has 33 heavy (non-hydrogen) atoms. The maximum atomic E-state index is 15.1. The molecule has 0 saturated carbocycles. The molecule has 2 amide bonds. The van der Waals surface area contributed by atoms with Crippen LogP contribution < -0.4 is 16.4 Å². The van der Waals surface area contributed by atoms with Gasteiger partial charge in [-0.3, -0.25) is 14.7 Å². The quantitative estimate of drug-likeness (QED) is 0.365. The van der Waals surface area contributed by atoms with E-state index in [1.807, 2.05) is 0 Å². The van der Waals surface area contributed by atoms with Crippen LogP contribution in [0.1, 0.15) is 20.8 Å². The topological polar surface area (TPSA) is 126 Å². The van der Waals surface area contributed by atoms with E-state index in [0.29, 0.717) is 5.56 Å². The van der Waals surface area contributed by atoms with E-state index in [4.69, 9.17) is 5.73 Å². The highest BCUT2D eigenvalue weighted by Crippen LogP contribution is 2.27. The molecule has 0 aliphatic rings. The number of H-pyrrole nitrogens is 1. The number of benzene rings is 2. The highest BCUT2D eigenvalue weighted by Gasteiger charge is 2.24. The van der Waals surface area contributed by atoms with E-state index in [2.05, 4.69) is 25.8 Å². The molecular weight excluding hydrogens is 437 g/mol. The monoisotopic (exact) mass is 452 g/mol. The Bertz CT molecular complexity index is 1340. The molecule has 0 aliphatic heterocycles. The molecule has 5 N–H and O–H groups in total. The lowest BCUT2D eigenvalue weighted by molar-refractivity contribution is 0.101. The maximum absolute atomic E-state index is 15.1. The van der Waals surface area contributed by atoms with Crippen LogP contribution in [0.4, 0.5) is 30.4 Å². The molecule has 2 aromatic carbocycles. The van der Waals surface area contributed by atoms with E-state index in [1.165, 1.54) is 36.5 Å². The molecule has 4 rings (SSSR count). The van der Waals surface area contributed by atoms with Crippen LogP contribution in [0.3, 0.4) is 0 Å². The van der Waals surface area contributed by atoms with Crippen LogP contribution in [0.15, 0.2) is 60.9 Å². The second-order valence-corrected chi connectivity index (χ2v) is 6.83. The number of anilines is 3. The highest BCUT2D eigenvalue weighted by atomic mass is 19.1. The van der Waals surface area contributed by atoms with Crippen LogP contribution in [-0.4, -0.2) is 27.0 Å². The van der Waals surface area contributed by atoms with Gasteiger partial charge in [0.25, 0.3) is 11.8 Å². The number of carbonyl (C=O) groups excluding carboxylic acids is 2. The van der Waals surface area contributed by atoms with Crippen molar-refractivity contribution in [1.82, 2.24) is 15.2 Å². The second-order valence-electron chi connectivity index (χ2n) is 6.83. The average molecular weight is 452 g/mol. The van der Waals surface area contributed by atoms with Gasteiger partial charge >= 0.3 is 0 Å². The van der Waals surface area contributed by atoms with Gasteiger partial charge in [-0.1, -0.05) is 0 Å². The zero-order valence-electron chi connectivity index (χ0n) is 16.7. The third-order valence-corrected chi connectivity index (χ3v) is 4.63. The minimum Gasteiger partial charge on any atom is -0.384 e. The van der Waals surface area contributed by atoms with Crippen molar-refractivity contribution in [3.05, 3.63) is 89.6 Å². The molecule has 0 atom stereocenters. The summed E-state index contributed by atoms with van der Waals surface area (Å²) in [5, 5.41) is 10.9. The SMILES string of the molecule is Nc1ccc(-c2ccc(F)c(C(=O)Nc3cn[nH]c3C(=O)Nc3ccc(F)cc3)c2F)cn1. The van der Waals surface area contributed by atoms with Gasteiger partial charge in [0, 0.05) is 23.0 Å². The third kappa shape index (κ3) is 4.51. The summed E-state index contributed by atoms with van der Waals surface area (Å²) in [5.41, 5.74) is 4.91. The van der Waals surface area contributed by atoms with Gasteiger partial charge in [0.05, 0.1) is 11.9 Å². The van der Waals surface area contributed by atoms with Crippen molar-refractivity contribution >= 4 is 29.0 Å². The summed E-state index contributed by atoms with van der Waals surface area (Å²) < 4.78 is 42.5.